The first-order valence-corrected chi connectivity index (χ1v) is 7.12. The molecular weight excluding hydrogens is 409 g/mol. The number of nitrogens with two attached hydrogens (primary N) is 1. The Morgan fingerprint density at radius 3 is 2.61 bits per heavy atom. The van der Waals surface area contributed by atoms with Crippen molar-refractivity contribution in [2.24, 2.45) is 10.7 Å². The van der Waals surface area contributed by atoms with Crippen molar-refractivity contribution in [3.8, 4) is 5.75 Å². The van der Waals surface area contributed by atoms with E-state index in [1.54, 1.807) is 7.11 Å². The number of anilines is 1. The van der Waals surface area contributed by atoms with E-state index in [1.165, 1.54) is 0 Å². The van der Waals surface area contributed by atoms with Crippen LogP contribution in [0.4, 0.5) is 5.69 Å². The first-order chi connectivity index (χ1) is 10.6. The quantitative estimate of drug-likeness (QED) is 0.415. The van der Waals surface area contributed by atoms with E-state index in [2.05, 4.69) is 20.4 Å². The SMILES string of the molecule is COc1ccc(NC(N)=NCCc2nc(C(C)C)no2)cc1.I. The number of aliphatic imine (C=N–C) groups is 1. The molecule has 1 aromatic heterocycles. The number of rotatable bonds is 6. The van der Waals surface area contributed by atoms with Gasteiger partial charge in [-0.25, -0.2) is 0 Å². The van der Waals surface area contributed by atoms with Crippen LogP contribution in [-0.4, -0.2) is 29.8 Å². The maximum Gasteiger partial charge on any atom is 0.228 e. The van der Waals surface area contributed by atoms with Crippen LogP contribution in [-0.2, 0) is 6.42 Å². The summed E-state index contributed by atoms with van der Waals surface area (Å²) in [6, 6.07) is 7.44. The molecular formula is C15H22IN5O2. The zero-order chi connectivity index (χ0) is 15.9. The van der Waals surface area contributed by atoms with Gasteiger partial charge in [-0.2, -0.15) is 4.98 Å². The highest BCUT2D eigenvalue weighted by Gasteiger charge is 2.08. The molecule has 0 fully saturated rings. The molecule has 0 bridgehead atoms. The second-order valence-corrected chi connectivity index (χ2v) is 5.07. The van der Waals surface area contributed by atoms with Crippen LogP contribution in [0.3, 0.4) is 0 Å². The Morgan fingerprint density at radius 1 is 1.35 bits per heavy atom. The number of benzene rings is 1. The first kappa shape index (κ1) is 19.2. The fraction of sp³-hybridized carbons (Fsp3) is 0.400. The van der Waals surface area contributed by atoms with E-state index in [9.17, 15) is 0 Å². The van der Waals surface area contributed by atoms with Crippen molar-refractivity contribution in [2.45, 2.75) is 26.2 Å². The minimum Gasteiger partial charge on any atom is -0.497 e. The normalized spacial score (nSPS) is 11.2. The Morgan fingerprint density at radius 2 is 2.04 bits per heavy atom. The van der Waals surface area contributed by atoms with Crippen LogP contribution < -0.4 is 15.8 Å². The van der Waals surface area contributed by atoms with E-state index in [0.717, 1.165) is 11.4 Å². The Kier molecular flexibility index (Phi) is 7.79. The summed E-state index contributed by atoms with van der Waals surface area (Å²) in [6.07, 6.45) is 0.560. The molecule has 2 rings (SSSR count). The van der Waals surface area contributed by atoms with Gasteiger partial charge in [-0.3, -0.25) is 4.99 Å². The highest BCUT2D eigenvalue weighted by Crippen LogP contribution is 2.14. The van der Waals surface area contributed by atoms with Crippen molar-refractivity contribution in [3.05, 3.63) is 36.0 Å². The van der Waals surface area contributed by atoms with Crippen molar-refractivity contribution in [3.63, 3.8) is 0 Å². The average molecular weight is 431 g/mol. The number of nitrogens with one attached hydrogen (secondary N) is 1. The van der Waals surface area contributed by atoms with Gasteiger partial charge in [0.15, 0.2) is 11.8 Å². The Hall–Kier alpha value is -1.84. The molecule has 0 amide bonds. The number of guanidine groups is 1. The fourth-order valence-corrected chi connectivity index (χ4v) is 1.74. The van der Waals surface area contributed by atoms with E-state index in [-0.39, 0.29) is 29.9 Å². The Labute approximate surface area is 152 Å². The van der Waals surface area contributed by atoms with Gasteiger partial charge < -0.3 is 20.3 Å². The van der Waals surface area contributed by atoms with E-state index in [0.29, 0.717) is 30.6 Å². The van der Waals surface area contributed by atoms with Crippen molar-refractivity contribution in [1.82, 2.24) is 10.1 Å². The third-order valence-electron chi connectivity index (χ3n) is 2.97. The lowest BCUT2D eigenvalue weighted by molar-refractivity contribution is 0.372. The van der Waals surface area contributed by atoms with Crippen molar-refractivity contribution < 1.29 is 9.26 Å². The summed E-state index contributed by atoms with van der Waals surface area (Å²) in [5.74, 6) is 2.67. The molecule has 0 radical (unpaired) electrons. The van der Waals surface area contributed by atoms with E-state index in [4.69, 9.17) is 15.0 Å². The number of hydrogen-bond donors (Lipinski definition) is 2. The fourth-order valence-electron chi connectivity index (χ4n) is 1.74. The van der Waals surface area contributed by atoms with Crippen LogP contribution in [0.15, 0.2) is 33.8 Å². The maximum atomic E-state index is 5.83. The summed E-state index contributed by atoms with van der Waals surface area (Å²) in [4.78, 5) is 8.52. The van der Waals surface area contributed by atoms with Gasteiger partial charge >= 0.3 is 0 Å². The van der Waals surface area contributed by atoms with E-state index >= 15 is 0 Å². The standard InChI is InChI=1S/C15H21N5O2.HI/c1-10(2)14-19-13(22-20-14)8-9-17-15(16)18-11-4-6-12(21-3)7-5-11;/h4-7,10H,8-9H2,1-3H3,(H3,16,17,18);1H. The second kappa shape index (κ2) is 9.33. The summed E-state index contributed by atoms with van der Waals surface area (Å²) >= 11 is 0. The predicted octanol–water partition coefficient (Wildman–Crippen LogP) is 2.79. The van der Waals surface area contributed by atoms with Gasteiger partial charge in [-0.05, 0) is 24.3 Å². The van der Waals surface area contributed by atoms with Gasteiger partial charge in [-0.1, -0.05) is 19.0 Å². The minimum atomic E-state index is 0. The molecule has 1 heterocycles. The largest absolute Gasteiger partial charge is 0.497 e. The van der Waals surface area contributed by atoms with E-state index < -0.39 is 0 Å². The van der Waals surface area contributed by atoms with Crippen LogP contribution >= 0.6 is 24.0 Å². The molecule has 126 valence electrons. The molecule has 23 heavy (non-hydrogen) atoms. The summed E-state index contributed by atoms with van der Waals surface area (Å²) in [5.41, 5.74) is 6.68. The predicted molar refractivity (Wildman–Crippen MR) is 101 cm³/mol. The lowest BCUT2D eigenvalue weighted by atomic mass is 10.2. The third-order valence-corrected chi connectivity index (χ3v) is 2.97. The highest BCUT2D eigenvalue weighted by molar-refractivity contribution is 14.0. The molecule has 1 aromatic carbocycles. The average Bonchev–Trinajstić information content (AvgIpc) is 2.97. The Balaban J connectivity index is 0.00000264. The van der Waals surface area contributed by atoms with Crippen LogP contribution in [0.5, 0.6) is 5.75 Å². The zero-order valence-electron chi connectivity index (χ0n) is 13.4. The van der Waals surface area contributed by atoms with E-state index in [1.807, 2.05) is 38.1 Å². The van der Waals surface area contributed by atoms with Gasteiger partial charge in [0, 0.05) is 18.0 Å². The first-order valence-electron chi connectivity index (χ1n) is 7.12. The van der Waals surface area contributed by atoms with Crippen LogP contribution in [0, 0.1) is 0 Å². The van der Waals surface area contributed by atoms with Gasteiger partial charge in [-0.15, -0.1) is 24.0 Å². The van der Waals surface area contributed by atoms with Gasteiger partial charge in [0.25, 0.3) is 0 Å². The third kappa shape index (κ3) is 6.05. The number of hydrogen-bond acceptors (Lipinski definition) is 5. The summed E-state index contributed by atoms with van der Waals surface area (Å²) in [5, 5.41) is 6.91. The lowest BCUT2D eigenvalue weighted by Gasteiger charge is -2.06. The molecule has 8 heteroatoms. The molecule has 0 aliphatic rings. The van der Waals surface area contributed by atoms with Crippen molar-refractivity contribution in [1.29, 1.82) is 0 Å². The van der Waals surface area contributed by atoms with Crippen molar-refractivity contribution in [2.75, 3.05) is 19.0 Å². The molecule has 0 aliphatic heterocycles. The smallest absolute Gasteiger partial charge is 0.228 e. The second-order valence-electron chi connectivity index (χ2n) is 5.07. The summed E-state index contributed by atoms with van der Waals surface area (Å²) < 4.78 is 10.2. The summed E-state index contributed by atoms with van der Waals surface area (Å²) in [6.45, 7) is 4.52. The molecule has 0 spiro atoms. The molecule has 7 nitrogen and oxygen atoms in total. The van der Waals surface area contributed by atoms with Crippen LogP contribution in [0.25, 0.3) is 0 Å². The molecule has 0 saturated carbocycles. The molecule has 0 atom stereocenters. The molecule has 0 aliphatic carbocycles. The highest BCUT2D eigenvalue weighted by atomic mass is 127. The molecule has 3 N–H and O–H groups in total. The number of aromatic nitrogens is 2. The van der Waals surface area contributed by atoms with Crippen LogP contribution in [0.2, 0.25) is 0 Å². The van der Waals surface area contributed by atoms with Gasteiger partial charge in [0.1, 0.15) is 5.75 Å². The summed E-state index contributed by atoms with van der Waals surface area (Å²) in [7, 11) is 1.63. The number of nitrogens with zero attached hydrogens (tertiary/aromatic N) is 3. The monoisotopic (exact) mass is 431 g/mol. The van der Waals surface area contributed by atoms with Gasteiger partial charge in [0.2, 0.25) is 5.89 Å². The molecule has 2 aromatic rings. The van der Waals surface area contributed by atoms with Gasteiger partial charge in [0.05, 0.1) is 13.7 Å². The number of halogens is 1. The maximum absolute atomic E-state index is 5.83. The number of ether oxygens (including phenoxy) is 1. The Bertz CT molecular complexity index is 625. The zero-order valence-corrected chi connectivity index (χ0v) is 15.8. The number of methoxy groups -OCH3 is 1. The molecule has 0 saturated heterocycles. The van der Waals surface area contributed by atoms with Crippen LogP contribution in [0.1, 0.15) is 31.5 Å². The lowest BCUT2D eigenvalue weighted by Crippen LogP contribution is -2.23. The molecule has 0 unspecified atom stereocenters. The topological polar surface area (TPSA) is 98.6 Å². The minimum absolute atomic E-state index is 0. The van der Waals surface area contributed by atoms with Crippen molar-refractivity contribution >= 4 is 35.6 Å².